The van der Waals surface area contributed by atoms with Crippen molar-refractivity contribution in [3.8, 4) is 5.75 Å². The molecule has 0 aliphatic carbocycles. The number of anilines is 1. The van der Waals surface area contributed by atoms with E-state index in [0.717, 1.165) is 38.8 Å². The van der Waals surface area contributed by atoms with Gasteiger partial charge in [-0.2, -0.15) is 4.31 Å². The Morgan fingerprint density at radius 3 is 2.35 bits per heavy atom. The van der Waals surface area contributed by atoms with E-state index >= 15 is 0 Å². The summed E-state index contributed by atoms with van der Waals surface area (Å²) in [5.41, 5.74) is 0.342. The number of likely N-dealkylation sites (N-methyl/N-ethyl adjacent to an activating group) is 1. The lowest BCUT2D eigenvalue weighted by molar-refractivity contribution is -0.133. The summed E-state index contributed by atoms with van der Waals surface area (Å²) >= 11 is 0. The Labute approximate surface area is 183 Å². The van der Waals surface area contributed by atoms with Gasteiger partial charge in [-0.3, -0.25) is 14.5 Å². The second-order valence-electron chi connectivity index (χ2n) is 8.40. The molecule has 0 N–H and O–H groups in total. The standard InChI is InChI=1S/C21H30N4O5S/c1-22-10-12-23(13-11-22)20(26)15-25-18-14-17(6-7-19(18)30-16-21(25)27)31(28,29)24-8-4-2-3-5-9-24/h6-7,14H,2-5,8-13,15-16H2,1H3. The second-order valence-corrected chi connectivity index (χ2v) is 10.3. The molecule has 0 saturated carbocycles. The third-order valence-electron chi connectivity index (χ3n) is 6.23. The van der Waals surface area contributed by atoms with Crippen LogP contribution in [0.25, 0.3) is 0 Å². The number of carbonyl (C=O) groups excluding carboxylic acids is 2. The summed E-state index contributed by atoms with van der Waals surface area (Å²) in [7, 11) is -1.67. The number of hydrogen-bond acceptors (Lipinski definition) is 6. The van der Waals surface area contributed by atoms with Crippen molar-refractivity contribution in [2.45, 2.75) is 30.6 Å². The molecule has 1 aromatic carbocycles. The molecule has 1 aromatic rings. The summed E-state index contributed by atoms with van der Waals surface area (Å²) in [5.74, 6) is -0.0741. The Kier molecular flexibility index (Phi) is 6.49. The van der Waals surface area contributed by atoms with Gasteiger partial charge < -0.3 is 14.5 Å². The molecule has 3 aliphatic heterocycles. The molecule has 0 aromatic heterocycles. The van der Waals surface area contributed by atoms with Crippen LogP contribution in [-0.4, -0.2) is 93.8 Å². The van der Waals surface area contributed by atoms with Gasteiger partial charge in [-0.1, -0.05) is 12.8 Å². The molecule has 3 aliphatic rings. The van der Waals surface area contributed by atoms with Crippen molar-refractivity contribution in [2.24, 2.45) is 0 Å². The SMILES string of the molecule is CN1CCN(C(=O)CN2C(=O)COc3ccc(S(=O)(=O)N4CCCCCC4)cc32)CC1. The lowest BCUT2D eigenvalue weighted by atomic mass is 10.2. The molecule has 4 rings (SSSR count). The van der Waals surface area contributed by atoms with Crippen LogP contribution in [0.1, 0.15) is 25.7 Å². The first kappa shape index (κ1) is 22.0. The predicted molar refractivity (Wildman–Crippen MR) is 116 cm³/mol. The fraction of sp³-hybridized carbons (Fsp3) is 0.619. The van der Waals surface area contributed by atoms with Crippen LogP contribution in [0.3, 0.4) is 0 Å². The van der Waals surface area contributed by atoms with Gasteiger partial charge in [0.2, 0.25) is 15.9 Å². The average Bonchev–Trinajstić information content (AvgIpc) is 3.06. The summed E-state index contributed by atoms with van der Waals surface area (Å²) in [6, 6.07) is 4.58. The van der Waals surface area contributed by atoms with E-state index in [9.17, 15) is 18.0 Å². The smallest absolute Gasteiger partial charge is 0.265 e. The van der Waals surface area contributed by atoms with Crippen molar-refractivity contribution >= 4 is 27.5 Å². The van der Waals surface area contributed by atoms with Gasteiger partial charge in [0.05, 0.1) is 10.6 Å². The molecule has 0 unspecified atom stereocenters. The minimum atomic E-state index is -3.68. The highest BCUT2D eigenvalue weighted by Crippen LogP contribution is 2.35. The number of hydrogen-bond donors (Lipinski definition) is 0. The monoisotopic (exact) mass is 450 g/mol. The largest absolute Gasteiger partial charge is 0.482 e. The number of sulfonamides is 1. The Bertz CT molecular complexity index is 935. The van der Waals surface area contributed by atoms with E-state index in [1.165, 1.54) is 21.3 Å². The minimum absolute atomic E-state index is 0.119. The van der Waals surface area contributed by atoms with Crippen molar-refractivity contribution in [3.63, 3.8) is 0 Å². The number of rotatable bonds is 4. The molecule has 3 heterocycles. The fourth-order valence-corrected chi connectivity index (χ4v) is 5.78. The van der Waals surface area contributed by atoms with Crippen LogP contribution < -0.4 is 9.64 Å². The average molecular weight is 451 g/mol. The number of fused-ring (bicyclic) bond motifs is 1. The molecule has 0 spiro atoms. The zero-order valence-corrected chi connectivity index (χ0v) is 18.8. The topological polar surface area (TPSA) is 90.5 Å². The number of carbonyl (C=O) groups is 2. The summed E-state index contributed by atoms with van der Waals surface area (Å²) in [4.78, 5) is 30.8. The fourth-order valence-electron chi connectivity index (χ4n) is 4.24. The Hall–Kier alpha value is -2.17. The van der Waals surface area contributed by atoms with Gasteiger partial charge in [0.15, 0.2) is 6.61 Å². The molecular formula is C21H30N4O5S. The molecule has 0 radical (unpaired) electrons. The first-order valence-electron chi connectivity index (χ1n) is 10.9. The second kappa shape index (κ2) is 9.13. The maximum absolute atomic E-state index is 13.2. The van der Waals surface area contributed by atoms with Gasteiger partial charge in [0.1, 0.15) is 12.3 Å². The molecule has 10 heteroatoms. The zero-order valence-electron chi connectivity index (χ0n) is 18.0. The normalized spacial score (nSPS) is 21.4. The van der Waals surface area contributed by atoms with Crippen molar-refractivity contribution in [1.82, 2.24) is 14.1 Å². The molecule has 0 atom stereocenters. The van der Waals surface area contributed by atoms with Gasteiger partial charge >= 0.3 is 0 Å². The molecule has 31 heavy (non-hydrogen) atoms. The third-order valence-corrected chi connectivity index (χ3v) is 8.12. The van der Waals surface area contributed by atoms with Gasteiger partial charge in [0.25, 0.3) is 5.91 Å². The molecule has 2 amide bonds. The number of nitrogens with zero attached hydrogens (tertiary/aromatic N) is 4. The Morgan fingerprint density at radius 2 is 1.68 bits per heavy atom. The Morgan fingerprint density at radius 1 is 1.00 bits per heavy atom. The number of ether oxygens (including phenoxy) is 1. The summed E-state index contributed by atoms with van der Waals surface area (Å²) in [5, 5.41) is 0. The highest BCUT2D eigenvalue weighted by molar-refractivity contribution is 7.89. The maximum atomic E-state index is 13.2. The van der Waals surface area contributed by atoms with Gasteiger partial charge in [0, 0.05) is 39.3 Å². The van der Waals surface area contributed by atoms with Crippen LogP contribution >= 0.6 is 0 Å². The van der Waals surface area contributed by atoms with E-state index in [1.807, 2.05) is 7.05 Å². The summed E-state index contributed by atoms with van der Waals surface area (Å²) < 4.78 is 33.5. The van der Waals surface area contributed by atoms with Crippen molar-refractivity contribution < 1.29 is 22.7 Å². The van der Waals surface area contributed by atoms with E-state index in [2.05, 4.69) is 4.90 Å². The number of piperazine rings is 1. The first-order valence-corrected chi connectivity index (χ1v) is 12.3. The molecular weight excluding hydrogens is 420 g/mol. The van der Waals surface area contributed by atoms with E-state index < -0.39 is 10.0 Å². The summed E-state index contributed by atoms with van der Waals surface area (Å²) in [6.45, 7) is 3.53. The highest BCUT2D eigenvalue weighted by Gasteiger charge is 2.32. The zero-order chi connectivity index (χ0) is 22.0. The van der Waals surface area contributed by atoms with Crippen molar-refractivity contribution in [3.05, 3.63) is 18.2 Å². The minimum Gasteiger partial charge on any atom is -0.482 e. The van der Waals surface area contributed by atoms with Crippen LogP contribution in [-0.2, 0) is 19.6 Å². The van der Waals surface area contributed by atoms with Crippen molar-refractivity contribution in [2.75, 3.05) is 64.4 Å². The van der Waals surface area contributed by atoms with Gasteiger partial charge in [-0.25, -0.2) is 8.42 Å². The van der Waals surface area contributed by atoms with Crippen molar-refractivity contribution in [1.29, 1.82) is 0 Å². The van der Waals surface area contributed by atoms with Crippen LogP contribution in [0.15, 0.2) is 23.1 Å². The van der Waals surface area contributed by atoms with Crippen LogP contribution in [0.4, 0.5) is 5.69 Å². The maximum Gasteiger partial charge on any atom is 0.265 e. The molecule has 170 valence electrons. The van der Waals surface area contributed by atoms with Crippen LogP contribution in [0, 0.1) is 0 Å². The van der Waals surface area contributed by atoms with Crippen LogP contribution in [0.2, 0.25) is 0 Å². The summed E-state index contributed by atoms with van der Waals surface area (Å²) in [6.07, 6.45) is 3.75. The number of benzene rings is 1. The van der Waals surface area contributed by atoms with Crippen LogP contribution in [0.5, 0.6) is 5.75 Å². The van der Waals surface area contributed by atoms with Gasteiger partial charge in [-0.05, 0) is 38.1 Å². The quantitative estimate of drug-likeness (QED) is 0.673. The Balaban J connectivity index is 1.58. The highest BCUT2D eigenvalue weighted by atomic mass is 32.2. The third kappa shape index (κ3) is 4.70. The van der Waals surface area contributed by atoms with E-state index in [1.54, 1.807) is 11.0 Å². The molecule has 2 fully saturated rings. The molecule has 0 bridgehead atoms. The van der Waals surface area contributed by atoms with E-state index in [0.29, 0.717) is 37.6 Å². The first-order chi connectivity index (χ1) is 14.9. The predicted octanol–water partition coefficient (Wildman–Crippen LogP) is 0.751. The molecule has 2 saturated heterocycles. The number of amides is 2. The lowest BCUT2D eigenvalue weighted by Gasteiger charge is -2.35. The van der Waals surface area contributed by atoms with E-state index in [4.69, 9.17) is 4.74 Å². The van der Waals surface area contributed by atoms with E-state index in [-0.39, 0.29) is 29.9 Å². The van der Waals surface area contributed by atoms with Gasteiger partial charge in [-0.15, -0.1) is 0 Å². The molecule has 9 nitrogen and oxygen atoms in total. The lowest BCUT2D eigenvalue weighted by Crippen LogP contribution is -2.52.